The van der Waals surface area contributed by atoms with Gasteiger partial charge in [0.1, 0.15) is 0 Å². The Balaban J connectivity index is 0.00000180. The van der Waals surface area contributed by atoms with E-state index in [-0.39, 0.29) is 18.4 Å². The van der Waals surface area contributed by atoms with E-state index in [0.29, 0.717) is 12.2 Å². The van der Waals surface area contributed by atoms with Crippen molar-refractivity contribution < 1.29 is 8.42 Å². The van der Waals surface area contributed by atoms with Crippen molar-refractivity contribution >= 4 is 28.3 Å². The van der Waals surface area contributed by atoms with Crippen LogP contribution < -0.4 is 9.44 Å². The number of halogens is 1. The second-order valence-corrected chi connectivity index (χ2v) is 6.19. The molecule has 2 rings (SSSR count). The molecule has 110 valence electrons. The normalized spacial score (nSPS) is 20.9. The van der Waals surface area contributed by atoms with Gasteiger partial charge in [-0.1, -0.05) is 0 Å². The molecule has 1 atom stereocenters. The van der Waals surface area contributed by atoms with Crippen LogP contribution in [0.5, 0.6) is 0 Å². The molecule has 0 unspecified atom stereocenters. The third-order valence-corrected chi connectivity index (χ3v) is 4.21. The topological polar surface area (TPSA) is 84.5 Å². The lowest BCUT2D eigenvalue weighted by atomic mass is 10.1. The summed E-state index contributed by atoms with van der Waals surface area (Å²) >= 11 is 0. The summed E-state index contributed by atoms with van der Waals surface area (Å²) in [5.74, 6) is 0. The van der Waals surface area contributed by atoms with Gasteiger partial charge in [0.15, 0.2) is 0 Å². The number of likely N-dealkylation sites (tertiary alicyclic amines) is 1. The fourth-order valence-corrected chi connectivity index (χ4v) is 3.39. The Bertz CT molecular complexity index is 518. The van der Waals surface area contributed by atoms with Crippen LogP contribution in [0.2, 0.25) is 0 Å². The van der Waals surface area contributed by atoms with Crippen LogP contribution in [-0.4, -0.2) is 49.3 Å². The summed E-state index contributed by atoms with van der Waals surface area (Å²) in [4.78, 5) is 2.11. The maximum absolute atomic E-state index is 11.8. The van der Waals surface area contributed by atoms with E-state index in [1.807, 2.05) is 7.05 Å². The molecule has 1 aromatic heterocycles. The van der Waals surface area contributed by atoms with Crippen LogP contribution in [0.3, 0.4) is 0 Å². The van der Waals surface area contributed by atoms with Crippen molar-refractivity contribution in [2.45, 2.75) is 18.9 Å². The second kappa shape index (κ2) is 6.08. The van der Waals surface area contributed by atoms with Gasteiger partial charge in [-0.25, -0.2) is 5.14 Å². The van der Waals surface area contributed by atoms with Gasteiger partial charge in [0.05, 0.1) is 17.9 Å². The zero-order valence-electron chi connectivity index (χ0n) is 11.1. The van der Waals surface area contributed by atoms with Gasteiger partial charge < -0.3 is 4.90 Å². The molecule has 9 heteroatoms. The van der Waals surface area contributed by atoms with Crippen LogP contribution in [0.1, 0.15) is 12.8 Å². The molecule has 0 amide bonds. The molecule has 2 heterocycles. The molecule has 0 radical (unpaired) electrons. The van der Waals surface area contributed by atoms with E-state index in [4.69, 9.17) is 5.14 Å². The lowest BCUT2D eigenvalue weighted by Crippen LogP contribution is -2.51. The van der Waals surface area contributed by atoms with Gasteiger partial charge >= 0.3 is 0 Å². The van der Waals surface area contributed by atoms with E-state index < -0.39 is 10.2 Å². The van der Waals surface area contributed by atoms with Crippen molar-refractivity contribution in [3.8, 4) is 0 Å². The lowest BCUT2D eigenvalue weighted by Gasteiger charge is -2.36. The monoisotopic (exact) mass is 309 g/mol. The standard InChI is InChI=1S/C10H19N5O2S.ClH/c1-13-5-3-4-9(7-13)15(18(11,16)17)10-6-12-14(2)8-10;/h6,8-9H,3-5,7H2,1-2H3,(H2,11,16,17);1H/t9-;/m0./s1. The van der Waals surface area contributed by atoms with Crippen LogP contribution in [0, 0.1) is 0 Å². The molecule has 0 spiro atoms. The zero-order valence-corrected chi connectivity index (χ0v) is 12.7. The van der Waals surface area contributed by atoms with Gasteiger partial charge in [0.25, 0.3) is 10.2 Å². The fraction of sp³-hybridized carbons (Fsp3) is 0.700. The van der Waals surface area contributed by atoms with Crippen molar-refractivity contribution in [2.24, 2.45) is 12.2 Å². The predicted octanol–water partition coefficient (Wildman–Crippen LogP) is -0.0540. The molecule has 0 aliphatic carbocycles. The Morgan fingerprint density at radius 3 is 2.63 bits per heavy atom. The van der Waals surface area contributed by atoms with E-state index in [1.54, 1.807) is 17.9 Å². The molecule has 19 heavy (non-hydrogen) atoms. The Morgan fingerprint density at radius 2 is 2.16 bits per heavy atom. The number of aromatic nitrogens is 2. The minimum Gasteiger partial charge on any atom is -0.304 e. The van der Waals surface area contributed by atoms with Crippen LogP contribution in [0.4, 0.5) is 5.69 Å². The molecule has 1 aliphatic heterocycles. The van der Waals surface area contributed by atoms with Gasteiger partial charge in [-0.15, -0.1) is 12.4 Å². The number of aryl methyl sites for hydroxylation is 1. The summed E-state index contributed by atoms with van der Waals surface area (Å²) < 4.78 is 26.4. The third kappa shape index (κ3) is 3.82. The van der Waals surface area contributed by atoms with Crippen molar-refractivity contribution in [1.29, 1.82) is 0 Å². The highest BCUT2D eigenvalue weighted by Gasteiger charge is 2.31. The molecular weight excluding hydrogens is 290 g/mol. The Morgan fingerprint density at radius 1 is 1.47 bits per heavy atom. The average Bonchev–Trinajstić information content (AvgIpc) is 2.62. The minimum atomic E-state index is -3.77. The number of anilines is 1. The van der Waals surface area contributed by atoms with Crippen LogP contribution in [0.25, 0.3) is 0 Å². The van der Waals surface area contributed by atoms with Crippen LogP contribution in [-0.2, 0) is 17.3 Å². The average molecular weight is 310 g/mol. The number of rotatable bonds is 3. The Kier molecular flexibility index (Phi) is 5.19. The van der Waals surface area contributed by atoms with Gasteiger partial charge in [0.2, 0.25) is 0 Å². The first kappa shape index (κ1) is 16.2. The second-order valence-electron chi connectivity index (χ2n) is 4.77. The quantitative estimate of drug-likeness (QED) is 0.848. The maximum Gasteiger partial charge on any atom is 0.299 e. The smallest absolute Gasteiger partial charge is 0.299 e. The molecule has 1 fully saturated rings. The molecular formula is C10H20ClN5O2S. The molecule has 0 saturated carbocycles. The van der Waals surface area contributed by atoms with E-state index >= 15 is 0 Å². The van der Waals surface area contributed by atoms with Crippen LogP contribution >= 0.6 is 12.4 Å². The van der Waals surface area contributed by atoms with E-state index in [0.717, 1.165) is 19.4 Å². The highest BCUT2D eigenvalue weighted by atomic mass is 35.5. The summed E-state index contributed by atoms with van der Waals surface area (Å²) in [6.45, 7) is 1.67. The maximum atomic E-state index is 11.8. The highest BCUT2D eigenvalue weighted by Crippen LogP contribution is 2.23. The molecule has 2 N–H and O–H groups in total. The first-order valence-corrected chi connectivity index (χ1v) is 7.37. The molecule has 1 aliphatic rings. The lowest BCUT2D eigenvalue weighted by molar-refractivity contribution is 0.253. The first-order valence-electron chi connectivity index (χ1n) is 5.87. The van der Waals surface area contributed by atoms with Crippen LogP contribution in [0.15, 0.2) is 12.4 Å². The first-order chi connectivity index (χ1) is 8.38. The summed E-state index contributed by atoms with van der Waals surface area (Å²) in [5, 5.41) is 9.35. The Hall–Kier alpha value is -0.830. The van der Waals surface area contributed by atoms with E-state index in [2.05, 4.69) is 10.00 Å². The van der Waals surface area contributed by atoms with Gasteiger partial charge in [-0.05, 0) is 26.4 Å². The fourth-order valence-electron chi connectivity index (χ4n) is 2.42. The summed E-state index contributed by atoms with van der Waals surface area (Å²) in [5.41, 5.74) is 0.528. The van der Waals surface area contributed by atoms with Gasteiger partial charge in [-0.3, -0.25) is 8.99 Å². The Labute approximate surface area is 119 Å². The minimum absolute atomic E-state index is 0. The number of hydrogen-bond donors (Lipinski definition) is 1. The SMILES string of the molecule is CN1CCC[C@H](N(c2cnn(C)c2)S(N)(=O)=O)C1.Cl. The highest BCUT2D eigenvalue weighted by molar-refractivity contribution is 7.90. The van der Waals surface area contributed by atoms with Gasteiger partial charge in [-0.2, -0.15) is 13.5 Å². The number of nitrogens with zero attached hydrogens (tertiary/aromatic N) is 4. The van der Waals surface area contributed by atoms with Gasteiger partial charge in [0, 0.05) is 19.8 Å². The summed E-state index contributed by atoms with van der Waals surface area (Å²) in [7, 11) is -0.0437. The predicted molar refractivity (Wildman–Crippen MR) is 76.6 cm³/mol. The number of hydrogen-bond acceptors (Lipinski definition) is 4. The number of nitrogens with two attached hydrogens (primary N) is 1. The molecule has 0 aromatic carbocycles. The molecule has 1 saturated heterocycles. The van der Waals surface area contributed by atoms with E-state index in [1.165, 1.54) is 10.5 Å². The van der Waals surface area contributed by atoms with Crippen molar-refractivity contribution in [2.75, 3.05) is 24.4 Å². The van der Waals surface area contributed by atoms with E-state index in [9.17, 15) is 8.42 Å². The summed E-state index contributed by atoms with van der Waals surface area (Å²) in [6, 6.07) is -0.122. The van der Waals surface area contributed by atoms with Crippen molar-refractivity contribution in [3.05, 3.63) is 12.4 Å². The third-order valence-electron chi connectivity index (χ3n) is 3.15. The largest absolute Gasteiger partial charge is 0.304 e. The zero-order chi connectivity index (χ0) is 13.3. The van der Waals surface area contributed by atoms with Crippen molar-refractivity contribution in [3.63, 3.8) is 0 Å². The summed E-state index contributed by atoms with van der Waals surface area (Å²) in [6.07, 6.45) is 4.97. The molecule has 1 aromatic rings. The molecule has 0 bridgehead atoms. The van der Waals surface area contributed by atoms with Crippen molar-refractivity contribution in [1.82, 2.24) is 14.7 Å². The number of likely N-dealkylation sites (N-methyl/N-ethyl adjacent to an activating group) is 1. The number of piperidine rings is 1. The molecule has 7 nitrogen and oxygen atoms in total.